The molecule has 1 fully saturated rings. The molecule has 0 radical (unpaired) electrons. The maximum atomic E-state index is 12.7. The summed E-state index contributed by atoms with van der Waals surface area (Å²) in [6.07, 6.45) is 0.471. The van der Waals surface area contributed by atoms with Crippen molar-refractivity contribution in [2.24, 2.45) is 0 Å². The number of hydrogen-bond donors (Lipinski definition) is 0. The minimum atomic E-state index is 0.205. The highest BCUT2D eigenvalue weighted by molar-refractivity contribution is 7.99. The molecule has 4 rings (SSSR count). The SMILES string of the molecule is CCOc1ccc2nc(N3CCN(C(=O)Cc4ccc(SCC)cc4)CC3)sc2c1. The van der Waals surface area contributed by atoms with Gasteiger partial charge in [0.2, 0.25) is 5.91 Å². The van der Waals surface area contributed by atoms with Crippen LogP contribution in [0.1, 0.15) is 19.4 Å². The molecule has 3 aromatic rings. The number of anilines is 1. The van der Waals surface area contributed by atoms with E-state index in [9.17, 15) is 4.79 Å². The number of ether oxygens (including phenoxy) is 1. The first-order valence-electron chi connectivity index (χ1n) is 10.4. The van der Waals surface area contributed by atoms with Gasteiger partial charge in [0.05, 0.1) is 23.2 Å². The molecule has 1 aromatic heterocycles. The zero-order valence-electron chi connectivity index (χ0n) is 17.5. The van der Waals surface area contributed by atoms with Gasteiger partial charge in [-0.1, -0.05) is 30.4 Å². The molecule has 0 N–H and O–H groups in total. The van der Waals surface area contributed by atoms with Crippen molar-refractivity contribution in [1.29, 1.82) is 0 Å². The zero-order valence-corrected chi connectivity index (χ0v) is 19.1. The van der Waals surface area contributed by atoms with Crippen molar-refractivity contribution in [3.05, 3.63) is 48.0 Å². The molecule has 7 heteroatoms. The first-order chi connectivity index (χ1) is 14.7. The van der Waals surface area contributed by atoms with E-state index in [1.807, 2.05) is 35.7 Å². The third-order valence-corrected chi connectivity index (χ3v) is 7.13. The quantitative estimate of drug-likeness (QED) is 0.498. The minimum Gasteiger partial charge on any atom is -0.494 e. The third kappa shape index (κ3) is 4.90. The molecule has 5 nitrogen and oxygen atoms in total. The van der Waals surface area contributed by atoms with Crippen molar-refractivity contribution in [2.75, 3.05) is 43.4 Å². The van der Waals surface area contributed by atoms with Gasteiger partial charge in [0.1, 0.15) is 5.75 Å². The van der Waals surface area contributed by atoms with Gasteiger partial charge in [0.15, 0.2) is 5.13 Å². The third-order valence-electron chi connectivity index (χ3n) is 5.15. The monoisotopic (exact) mass is 441 g/mol. The van der Waals surface area contributed by atoms with Gasteiger partial charge >= 0.3 is 0 Å². The summed E-state index contributed by atoms with van der Waals surface area (Å²) in [5.41, 5.74) is 2.08. The highest BCUT2D eigenvalue weighted by Crippen LogP contribution is 2.32. The zero-order chi connectivity index (χ0) is 20.9. The first kappa shape index (κ1) is 21.0. The Morgan fingerprint density at radius 2 is 1.87 bits per heavy atom. The fourth-order valence-corrected chi connectivity index (χ4v) is 5.30. The van der Waals surface area contributed by atoms with E-state index in [0.29, 0.717) is 13.0 Å². The van der Waals surface area contributed by atoms with E-state index in [-0.39, 0.29) is 5.91 Å². The smallest absolute Gasteiger partial charge is 0.227 e. The molecule has 30 heavy (non-hydrogen) atoms. The van der Waals surface area contributed by atoms with Crippen molar-refractivity contribution in [1.82, 2.24) is 9.88 Å². The Labute approximate surface area is 186 Å². The van der Waals surface area contributed by atoms with E-state index in [4.69, 9.17) is 9.72 Å². The second kappa shape index (κ2) is 9.71. The predicted molar refractivity (Wildman–Crippen MR) is 126 cm³/mol. The van der Waals surface area contributed by atoms with Crippen molar-refractivity contribution in [3.63, 3.8) is 0 Å². The van der Waals surface area contributed by atoms with Gasteiger partial charge in [-0.2, -0.15) is 0 Å². The standard InChI is InChI=1S/C23H27N3O2S2/c1-3-28-18-7-10-20-21(16-18)30-23(24-20)26-13-11-25(12-14-26)22(27)15-17-5-8-19(9-6-17)29-4-2/h5-10,16H,3-4,11-15H2,1-2H3. The number of hydrogen-bond acceptors (Lipinski definition) is 6. The summed E-state index contributed by atoms with van der Waals surface area (Å²) in [6, 6.07) is 14.4. The lowest BCUT2D eigenvalue weighted by atomic mass is 10.1. The van der Waals surface area contributed by atoms with Crippen LogP contribution < -0.4 is 9.64 Å². The number of carbonyl (C=O) groups excluding carboxylic acids is 1. The highest BCUT2D eigenvalue weighted by Gasteiger charge is 2.23. The number of amides is 1. The average molecular weight is 442 g/mol. The van der Waals surface area contributed by atoms with Crippen LogP contribution in [-0.4, -0.2) is 54.3 Å². The van der Waals surface area contributed by atoms with Crippen LogP contribution in [0.25, 0.3) is 10.2 Å². The van der Waals surface area contributed by atoms with E-state index in [0.717, 1.165) is 58.6 Å². The van der Waals surface area contributed by atoms with E-state index in [2.05, 4.69) is 42.2 Å². The van der Waals surface area contributed by atoms with Gasteiger partial charge in [-0.3, -0.25) is 4.79 Å². The van der Waals surface area contributed by atoms with Crippen molar-refractivity contribution in [3.8, 4) is 5.75 Å². The Bertz CT molecular complexity index is 995. The average Bonchev–Trinajstić information content (AvgIpc) is 3.19. The molecule has 1 saturated heterocycles. The number of rotatable bonds is 7. The van der Waals surface area contributed by atoms with E-state index >= 15 is 0 Å². The fraction of sp³-hybridized carbons (Fsp3) is 0.391. The summed E-state index contributed by atoms with van der Waals surface area (Å²) in [4.78, 5) is 23.0. The highest BCUT2D eigenvalue weighted by atomic mass is 32.2. The van der Waals surface area contributed by atoms with Crippen LogP contribution in [0, 0.1) is 0 Å². The van der Waals surface area contributed by atoms with Gasteiger partial charge in [-0.15, -0.1) is 11.8 Å². The number of thiazole rings is 1. The molecule has 1 aliphatic heterocycles. The normalized spacial score (nSPS) is 14.3. The van der Waals surface area contributed by atoms with E-state index in [1.54, 1.807) is 11.3 Å². The van der Waals surface area contributed by atoms with Crippen molar-refractivity contribution < 1.29 is 9.53 Å². The summed E-state index contributed by atoms with van der Waals surface area (Å²) in [7, 11) is 0. The summed E-state index contributed by atoms with van der Waals surface area (Å²) >= 11 is 3.51. The van der Waals surface area contributed by atoms with Gasteiger partial charge in [0.25, 0.3) is 0 Å². The number of thioether (sulfide) groups is 1. The van der Waals surface area contributed by atoms with Crippen LogP contribution in [0.5, 0.6) is 5.75 Å². The lowest BCUT2D eigenvalue weighted by Crippen LogP contribution is -2.49. The molecule has 0 aliphatic carbocycles. The number of nitrogens with zero attached hydrogens (tertiary/aromatic N) is 3. The van der Waals surface area contributed by atoms with Crippen LogP contribution in [0.2, 0.25) is 0 Å². The molecule has 0 unspecified atom stereocenters. The number of benzene rings is 2. The Balaban J connectivity index is 1.34. The van der Waals surface area contributed by atoms with Crippen molar-refractivity contribution in [2.45, 2.75) is 25.2 Å². The molecule has 0 saturated carbocycles. The topological polar surface area (TPSA) is 45.7 Å². The van der Waals surface area contributed by atoms with Crippen LogP contribution in [0.3, 0.4) is 0 Å². The van der Waals surface area contributed by atoms with Crippen LogP contribution in [0.4, 0.5) is 5.13 Å². The molecule has 0 bridgehead atoms. The van der Waals surface area contributed by atoms with Crippen molar-refractivity contribution >= 4 is 44.4 Å². The summed E-state index contributed by atoms with van der Waals surface area (Å²) < 4.78 is 6.73. The lowest BCUT2D eigenvalue weighted by Gasteiger charge is -2.34. The molecule has 2 heterocycles. The van der Waals surface area contributed by atoms with Gasteiger partial charge < -0.3 is 14.5 Å². The fourth-order valence-electron chi connectivity index (χ4n) is 3.59. The number of piperazine rings is 1. The Morgan fingerprint density at radius 1 is 1.10 bits per heavy atom. The first-order valence-corrected chi connectivity index (χ1v) is 12.2. The molecule has 1 amide bonds. The molecular weight excluding hydrogens is 414 g/mol. The van der Waals surface area contributed by atoms with Gasteiger partial charge in [-0.25, -0.2) is 4.98 Å². The van der Waals surface area contributed by atoms with Gasteiger partial charge in [-0.05, 0) is 48.6 Å². The van der Waals surface area contributed by atoms with Crippen LogP contribution in [-0.2, 0) is 11.2 Å². The maximum absolute atomic E-state index is 12.7. The Morgan fingerprint density at radius 3 is 2.57 bits per heavy atom. The summed E-state index contributed by atoms with van der Waals surface area (Å²) in [5, 5.41) is 1.02. The van der Waals surface area contributed by atoms with Gasteiger partial charge in [0, 0.05) is 31.1 Å². The number of fused-ring (bicyclic) bond motifs is 1. The number of aromatic nitrogens is 1. The second-order valence-electron chi connectivity index (χ2n) is 7.18. The lowest BCUT2D eigenvalue weighted by molar-refractivity contribution is -0.130. The Hall–Kier alpha value is -2.25. The molecular formula is C23H27N3O2S2. The summed E-state index contributed by atoms with van der Waals surface area (Å²) in [5.74, 6) is 2.15. The van der Waals surface area contributed by atoms with Crippen LogP contribution >= 0.6 is 23.1 Å². The molecule has 1 aliphatic rings. The summed E-state index contributed by atoms with van der Waals surface area (Å²) in [6.45, 7) is 7.91. The molecule has 2 aromatic carbocycles. The van der Waals surface area contributed by atoms with Crippen LogP contribution in [0.15, 0.2) is 47.4 Å². The molecule has 0 spiro atoms. The van der Waals surface area contributed by atoms with E-state index in [1.165, 1.54) is 4.90 Å². The minimum absolute atomic E-state index is 0.205. The largest absolute Gasteiger partial charge is 0.494 e. The second-order valence-corrected chi connectivity index (χ2v) is 9.53. The van der Waals surface area contributed by atoms with E-state index < -0.39 is 0 Å². The maximum Gasteiger partial charge on any atom is 0.227 e. The number of carbonyl (C=O) groups is 1. The Kier molecular flexibility index (Phi) is 6.79. The molecule has 0 atom stereocenters. The predicted octanol–water partition coefficient (Wildman–Crippen LogP) is 4.70. The molecule has 158 valence electrons.